The van der Waals surface area contributed by atoms with Crippen LogP contribution >= 0.6 is 0 Å². The molecule has 0 aliphatic carbocycles. The van der Waals surface area contributed by atoms with Crippen LogP contribution in [-0.4, -0.2) is 71.9 Å². The summed E-state index contributed by atoms with van der Waals surface area (Å²) in [6.45, 7) is 5.49. The number of anilines is 3. The molecule has 2 N–H and O–H groups in total. The minimum Gasteiger partial charge on any atom is -0.339 e. The van der Waals surface area contributed by atoms with Gasteiger partial charge in [-0.15, -0.1) is 0 Å². The summed E-state index contributed by atoms with van der Waals surface area (Å²) in [4.78, 5) is 36.7. The standard InChI is InChI=1S/C26H30N6O4S/c1-3-18-37(35,36)30-23-10-4-20(5-11-23)24-12-13-27-26(29-24)28-22-8-6-21(7-9-22)25(34)32-16-14-31(15-17-32)19(2)33/h4-13,30H,3,14-18H2,1-2H3,(H,27,28,29). The fourth-order valence-corrected chi connectivity index (χ4v) is 5.16. The molecule has 10 nitrogen and oxygen atoms in total. The van der Waals surface area contributed by atoms with Crippen molar-refractivity contribution in [2.75, 3.05) is 42.0 Å². The van der Waals surface area contributed by atoms with Crippen LogP contribution in [0.15, 0.2) is 60.8 Å². The third kappa shape index (κ3) is 6.82. The maximum atomic E-state index is 12.8. The predicted octanol–water partition coefficient (Wildman–Crippen LogP) is 3.34. The Morgan fingerprint density at radius 1 is 0.892 bits per heavy atom. The van der Waals surface area contributed by atoms with Gasteiger partial charge in [-0.1, -0.05) is 19.1 Å². The lowest BCUT2D eigenvalue weighted by Gasteiger charge is -2.34. The van der Waals surface area contributed by atoms with Crippen molar-refractivity contribution in [1.82, 2.24) is 19.8 Å². The summed E-state index contributed by atoms with van der Waals surface area (Å²) in [6.07, 6.45) is 2.18. The fraction of sp³-hybridized carbons (Fsp3) is 0.308. The van der Waals surface area contributed by atoms with Gasteiger partial charge in [0.1, 0.15) is 0 Å². The molecule has 2 amide bonds. The van der Waals surface area contributed by atoms with Crippen LogP contribution in [0, 0.1) is 0 Å². The van der Waals surface area contributed by atoms with Crippen molar-refractivity contribution in [2.45, 2.75) is 20.3 Å². The molecule has 2 aromatic carbocycles. The van der Waals surface area contributed by atoms with E-state index in [0.29, 0.717) is 55.5 Å². The molecule has 1 aliphatic rings. The summed E-state index contributed by atoms with van der Waals surface area (Å²) in [6, 6.07) is 15.9. The molecule has 1 fully saturated rings. The molecule has 2 heterocycles. The molecule has 0 spiro atoms. The number of sulfonamides is 1. The Morgan fingerprint density at radius 2 is 1.51 bits per heavy atom. The highest BCUT2D eigenvalue weighted by Gasteiger charge is 2.23. The molecule has 0 unspecified atom stereocenters. The lowest BCUT2D eigenvalue weighted by molar-refractivity contribution is -0.130. The topological polar surface area (TPSA) is 125 Å². The summed E-state index contributed by atoms with van der Waals surface area (Å²) < 4.78 is 26.5. The van der Waals surface area contributed by atoms with Gasteiger partial charge in [-0.2, -0.15) is 0 Å². The zero-order valence-electron chi connectivity index (χ0n) is 20.8. The molecule has 194 valence electrons. The normalized spacial score (nSPS) is 13.8. The predicted molar refractivity (Wildman–Crippen MR) is 143 cm³/mol. The lowest BCUT2D eigenvalue weighted by atomic mass is 10.1. The molecule has 37 heavy (non-hydrogen) atoms. The first kappa shape index (κ1) is 26.1. The maximum absolute atomic E-state index is 12.8. The van der Waals surface area contributed by atoms with E-state index in [-0.39, 0.29) is 17.6 Å². The zero-order chi connectivity index (χ0) is 26.4. The minimum atomic E-state index is -3.35. The molecular formula is C26H30N6O4S. The number of benzene rings is 2. The number of nitrogens with zero attached hydrogens (tertiary/aromatic N) is 4. The van der Waals surface area contributed by atoms with Gasteiger partial charge in [-0.3, -0.25) is 14.3 Å². The molecule has 3 aromatic rings. The van der Waals surface area contributed by atoms with Crippen LogP contribution < -0.4 is 10.0 Å². The van der Waals surface area contributed by atoms with Gasteiger partial charge in [-0.25, -0.2) is 18.4 Å². The van der Waals surface area contributed by atoms with Crippen molar-refractivity contribution in [3.63, 3.8) is 0 Å². The second-order valence-electron chi connectivity index (χ2n) is 8.76. The van der Waals surface area contributed by atoms with E-state index in [9.17, 15) is 18.0 Å². The number of hydrogen-bond acceptors (Lipinski definition) is 7. The average molecular weight is 523 g/mol. The quantitative estimate of drug-likeness (QED) is 0.465. The first-order chi connectivity index (χ1) is 17.7. The monoisotopic (exact) mass is 522 g/mol. The maximum Gasteiger partial charge on any atom is 0.253 e. The van der Waals surface area contributed by atoms with Crippen molar-refractivity contribution >= 4 is 39.2 Å². The molecule has 0 bridgehead atoms. The Hall–Kier alpha value is -3.99. The summed E-state index contributed by atoms with van der Waals surface area (Å²) in [5.41, 5.74) is 3.30. The zero-order valence-corrected chi connectivity index (χ0v) is 21.7. The van der Waals surface area contributed by atoms with Crippen LogP contribution in [0.2, 0.25) is 0 Å². The first-order valence-electron chi connectivity index (χ1n) is 12.1. The number of hydrogen-bond donors (Lipinski definition) is 2. The number of piperazine rings is 1. The van der Waals surface area contributed by atoms with E-state index >= 15 is 0 Å². The summed E-state index contributed by atoms with van der Waals surface area (Å²) in [5.74, 6) is 0.432. The van der Waals surface area contributed by atoms with Crippen molar-refractivity contribution in [2.24, 2.45) is 0 Å². The van der Waals surface area contributed by atoms with E-state index in [4.69, 9.17) is 0 Å². The van der Waals surface area contributed by atoms with E-state index in [1.165, 1.54) is 0 Å². The van der Waals surface area contributed by atoms with Crippen molar-refractivity contribution < 1.29 is 18.0 Å². The molecule has 0 atom stereocenters. The molecule has 1 saturated heterocycles. The van der Waals surface area contributed by atoms with Gasteiger partial charge < -0.3 is 15.1 Å². The number of rotatable bonds is 8. The molecular weight excluding hydrogens is 492 g/mol. The largest absolute Gasteiger partial charge is 0.339 e. The second kappa shape index (κ2) is 11.4. The Labute approximate surface area is 216 Å². The minimum absolute atomic E-state index is 0.0284. The number of nitrogens with one attached hydrogen (secondary N) is 2. The number of carbonyl (C=O) groups excluding carboxylic acids is 2. The third-order valence-corrected chi connectivity index (χ3v) is 7.48. The third-order valence-electron chi connectivity index (χ3n) is 5.98. The number of carbonyl (C=O) groups is 2. The summed E-state index contributed by atoms with van der Waals surface area (Å²) in [5, 5.41) is 3.15. The molecule has 4 rings (SSSR count). The molecule has 11 heteroatoms. The van der Waals surface area contributed by atoms with Gasteiger partial charge in [-0.05, 0) is 48.9 Å². The lowest BCUT2D eigenvalue weighted by Crippen LogP contribution is -2.50. The van der Waals surface area contributed by atoms with Crippen molar-refractivity contribution in [1.29, 1.82) is 0 Å². The van der Waals surface area contributed by atoms with Gasteiger partial charge in [0.15, 0.2) is 0 Å². The average Bonchev–Trinajstić information content (AvgIpc) is 2.89. The first-order valence-corrected chi connectivity index (χ1v) is 13.7. The number of amides is 2. The Kier molecular flexibility index (Phi) is 8.02. The van der Waals surface area contributed by atoms with Gasteiger partial charge >= 0.3 is 0 Å². The van der Waals surface area contributed by atoms with Crippen LogP contribution in [0.5, 0.6) is 0 Å². The Morgan fingerprint density at radius 3 is 2.14 bits per heavy atom. The fourth-order valence-electron chi connectivity index (χ4n) is 4.02. The van der Waals surface area contributed by atoms with Crippen LogP contribution in [0.25, 0.3) is 11.3 Å². The SMILES string of the molecule is CCCS(=O)(=O)Nc1ccc(-c2ccnc(Nc3ccc(C(=O)N4CCN(C(C)=O)CC4)cc3)n2)cc1. The van der Waals surface area contributed by atoms with E-state index < -0.39 is 10.0 Å². The van der Waals surface area contributed by atoms with Gasteiger partial charge in [0.05, 0.1) is 11.4 Å². The highest BCUT2D eigenvalue weighted by molar-refractivity contribution is 7.92. The van der Waals surface area contributed by atoms with Gasteiger partial charge in [0.2, 0.25) is 21.9 Å². The van der Waals surface area contributed by atoms with E-state index in [0.717, 1.165) is 11.3 Å². The van der Waals surface area contributed by atoms with Crippen LogP contribution in [-0.2, 0) is 14.8 Å². The molecule has 0 radical (unpaired) electrons. The van der Waals surface area contributed by atoms with Gasteiger partial charge in [0, 0.05) is 61.8 Å². The molecule has 1 aromatic heterocycles. The van der Waals surface area contributed by atoms with Crippen LogP contribution in [0.4, 0.5) is 17.3 Å². The summed E-state index contributed by atoms with van der Waals surface area (Å²) >= 11 is 0. The van der Waals surface area contributed by atoms with E-state index in [1.807, 2.05) is 6.92 Å². The molecule has 0 saturated carbocycles. The van der Waals surface area contributed by atoms with Gasteiger partial charge in [0.25, 0.3) is 5.91 Å². The van der Waals surface area contributed by atoms with Crippen molar-refractivity contribution in [3.05, 3.63) is 66.4 Å². The Bertz CT molecular complexity index is 1350. The number of aromatic nitrogens is 2. The van der Waals surface area contributed by atoms with Crippen LogP contribution in [0.1, 0.15) is 30.6 Å². The van der Waals surface area contributed by atoms with E-state index in [2.05, 4.69) is 20.0 Å². The Balaban J connectivity index is 1.38. The highest BCUT2D eigenvalue weighted by Crippen LogP contribution is 2.22. The summed E-state index contributed by atoms with van der Waals surface area (Å²) in [7, 11) is -3.35. The molecule has 1 aliphatic heterocycles. The van der Waals surface area contributed by atoms with Crippen molar-refractivity contribution in [3.8, 4) is 11.3 Å². The van der Waals surface area contributed by atoms with E-state index in [1.54, 1.807) is 77.5 Å². The van der Waals surface area contributed by atoms with Crippen LogP contribution in [0.3, 0.4) is 0 Å². The highest BCUT2D eigenvalue weighted by atomic mass is 32.2. The second-order valence-corrected chi connectivity index (χ2v) is 10.6. The smallest absolute Gasteiger partial charge is 0.253 e.